The van der Waals surface area contributed by atoms with Crippen molar-refractivity contribution in [3.8, 4) is 0 Å². The maximum Gasteiger partial charge on any atom is 0.265 e. The van der Waals surface area contributed by atoms with Gasteiger partial charge in [-0.1, -0.05) is 11.6 Å². The summed E-state index contributed by atoms with van der Waals surface area (Å²) >= 11 is 5.83. The molecule has 0 saturated heterocycles. The Morgan fingerprint density at radius 3 is 2.77 bits per heavy atom. The first-order valence-corrected chi connectivity index (χ1v) is 8.02. The van der Waals surface area contributed by atoms with E-state index in [9.17, 15) is 12.8 Å². The molecule has 6 nitrogen and oxygen atoms in total. The van der Waals surface area contributed by atoms with E-state index in [1.165, 1.54) is 10.5 Å². The third-order valence-electron chi connectivity index (χ3n) is 2.97. The summed E-state index contributed by atoms with van der Waals surface area (Å²) in [6, 6.07) is 6.63. The number of aryl methyl sites for hydroxylation is 1. The van der Waals surface area contributed by atoms with E-state index in [4.69, 9.17) is 11.6 Å². The largest absolute Gasteiger partial charge is 0.268 e. The number of hydrogen-bond acceptors (Lipinski definition) is 4. The van der Waals surface area contributed by atoms with Gasteiger partial charge in [0.1, 0.15) is 10.7 Å². The van der Waals surface area contributed by atoms with Crippen molar-refractivity contribution < 1.29 is 12.8 Å². The molecule has 0 aliphatic heterocycles. The summed E-state index contributed by atoms with van der Waals surface area (Å²) in [5.41, 5.74) is 1.45. The van der Waals surface area contributed by atoms with E-state index in [-0.39, 0.29) is 15.9 Å². The average Bonchev–Trinajstić information content (AvgIpc) is 2.83. The fourth-order valence-electron chi connectivity index (χ4n) is 1.92. The number of aromatic nitrogens is 3. The van der Waals surface area contributed by atoms with Crippen molar-refractivity contribution in [1.82, 2.24) is 14.6 Å². The smallest absolute Gasteiger partial charge is 0.265 e. The van der Waals surface area contributed by atoms with Gasteiger partial charge in [0.15, 0.2) is 5.65 Å². The van der Waals surface area contributed by atoms with Gasteiger partial charge < -0.3 is 0 Å². The Hall–Kier alpha value is -2.19. The standard InChI is InChI=1S/C13H10ClFN4O2S/c1-8-4-5-19-12(6-8)16-17-13(19)18-22(20,21)11-7-9(15)2-3-10(11)14/h2-7H,1H3,(H,17,18). The topological polar surface area (TPSA) is 76.4 Å². The highest BCUT2D eigenvalue weighted by molar-refractivity contribution is 7.92. The minimum absolute atomic E-state index is 0.00433. The summed E-state index contributed by atoms with van der Waals surface area (Å²) in [6.07, 6.45) is 1.63. The van der Waals surface area contributed by atoms with Gasteiger partial charge in [0.25, 0.3) is 10.0 Å². The lowest BCUT2D eigenvalue weighted by Crippen LogP contribution is -2.15. The van der Waals surface area contributed by atoms with Crippen molar-refractivity contribution in [3.63, 3.8) is 0 Å². The second kappa shape index (κ2) is 5.22. The molecule has 0 spiro atoms. The van der Waals surface area contributed by atoms with Crippen LogP contribution in [0.4, 0.5) is 10.3 Å². The number of nitrogens with one attached hydrogen (secondary N) is 1. The Kier molecular flexibility index (Phi) is 3.50. The zero-order valence-corrected chi connectivity index (χ0v) is 12.9. The van der Waals surface area contributed by atoms with Crippen LogP contribution in [0.15, 0.2) is 41.4 Å². The SMILES string of the molecule is Cc1ccn2c(NS(=O)(=O)c3cc(F)ccc3Cl)nnc2c1. The third kappa shape index (κ3) is 2.62. The molecule has 1 aromatic carbocycles. The summed E-state index contributed by atoms with van der Waals surface area (Å²) < 4.78 is 41.7. The lowest BCUT2D eigenvalue weighted by molar-refractivity contribution is 0.595. The van der Waals surface area contributed by atoms with E-state index in [1.54, 1.807) is 18.3 Å². The summed E-state index contributed by atoms with van der Waals surface area (Å²) in [4.78, 5) is -0.363. The molecule has 9 heteroatoms. The molecule has 2 aromatic heterocycles. The molecule has 3 rings (SSSR count). The van der Waals surface area contributed by atoms with E-state index in [0.29, 0.717) is 5.65 Å². The zero-order valence-electron chi connectivity index (χ0n) is 11.3. The first-order chi connectivity index (χ1) is 10.4. The molecule has 1 N–H and O–H groups in total. The molecular weight excluding hydrogens is 331 g/mol. The molecule has 0 saturated carbocycles. The maximum absolute atomic E-state index is 13.3. The monoisotopic (exact) mass is 340 g/mol. The predicted octanol–water partition coefficient (Wildman–Crippen LogP) is 2.63. The van der Waals surface area contributed by atoms with Crippen LogP contribution in [0.3, 0.4) is 0 Å². The van der Waals surface area contributed by atoms with Crippen LogP contribution in [0.5, 0.6) is 0 Å². The molecule has 2 heterocycles. The molecule has 3 aromatic rings. The fraction of sp³-hybridized carbons (Fsp3) is 0.0769. The lowest BCUT2D eigenvalue weighted by atomic mass is 10.3. The minimum Gasteiger partial charge on any atom is -0.268 e. The fourth-order valence-corrected chi connectivity index (χ4v) is 3.42. The van der Waals surface area contributed by atoms with Crippen molar-refractivity contribution >= 4 is 33.2 Å². The van der Waals surface area contributed by atoms with Gasteiger partial charge in [0.05, 0.1) is 5.02 Å². The molecule has 0 aliphatic carbocycles. The summed E-state index contributed by atoms with van der Waals surface area (Å²) in [7, 11) is -4.08. The number of anilines is 1. The first kappa shape index (κ1) is 14.7. The van der Waals surface area contributed by atoms with Gasteiger partial charge in [-0.3, -0.25) is 4.40 Å². The van der Waals surface area contributed by atoms with E-state index >= 15 is 0 Å². The van der Waals surface area contributed by atoms with Gasteiger partial charge in [-0.05, 0) is 42.8 Å². The molecule has 0 radical (unpaired) electrons. The average molecular weight is 341 g/mol. The predicted molar refractivity (Wildman–Crippen MR) is 79.9 cm³/mol. The van der Waals surface area contributed by atoms with Crippen molar-refractivity contribution in [2.75, 3.05) is 4.72 Å². The van der Waals surface area contributed by atoms with Crippen LogP contribution in [-0.4, -0.2) is 23.0 Å². The zero-order chi connectivity index (χ0) is 15.9. The van der Waals surface area contributed by atoms with E-state index < -0.39 is 15.8 Å². The minimum atomic E-state index is -4.08. The Labute approximate surface area is 130 Å². The van der Waals surface area contributed by atoms with Crippen molar-refractivity contribution in [2.45, 2.75) is 11.8 Å². The molecule has 22 heavy (non-hydrogen) atoms. The Morgan fingerprint density at radius 2 is 2.00 bits per heavy atom. The number of halogens is 2. The number of fused-ring (bicyclic) bond motifs is 1. The molecular formula is C13H10ClFN4O2S. The van der Waals surface area contributed by atoms with Crippen LogP contribution in [0.2, 0.25) is 5.02 Å². The number of pyridine rings is 1. The van der Waals surface area contributed by atoms with Crippen LogP contribution in [0.25, 0.3) is 5.65 Å². The van der Waals surface area contributed by atoms with Gasteiger partial charge in [0.2, 0.25) is 5.95 Å². The highest BCUT2D eigenvalue weighted by Crippen LogP contribution is 2.24. The quantitative estimate of drug-likeness (QED) is 0.795. The molecule has 0 bridgehead atoms. The molecule has 114 valence electrons. The van der Waals surface area contributed by atoms with Crippen molar-refractivity contribution in [2.24, 2.45) is 0 Å². The number of rotatable bonds is 3. The summed E-state index contributed by atoms with van der Waals surface area (Å²) in [5, 5.41) is 7.58. The molecule has 0 aliphatic rings. The van der Waals surface area contributed by atoms with Crippen LogP contribution in [-0.2, 0) is 10.0 Å². The number of sulfonamides is 1. The van der Waals surface area contributed by atoms with Crippen LogP contribution in [0, 0.1) is 12.7 Å². The van der Waals surface area contributed by atoms with E-state index in [1.807, 2.05) is 6.92 Å². The molecule has 0 unspecified atom stereocenters. The lowest BCUT2D eigenvalue weighted by Gasteiger charge is -2.08. The molecule has 0 amide bonds. The van der Waals surface area contributed by atoms with Crippen LogP contribution in [0.1, 0.15) is 5.56 Å². The number of nitrogens with zero attached hydrogens (tertiary/aromatic N) is 3. The Bertz CT molecular complexity index is 971. The van der Waals surface area contributed by atoms with Gasteiger partial charge >= 0.3 is 0 Å². The van der Waals surface area contributed by atoms with Crippen molar-refractivity contribution in [3.05, 3.63) is 52.9 Å². The first-order valence-electron chi connectivity index (χ1n) is 6.16. The third-order valence-corrected chi connectivity index (χ3v) is 4.78. The normalized spacial score (nSPS) is 11.8. The van der Waals surface area contributed by atoms with E-state index in [0.717, 1.165) is 17.7 Å². The number of hydrogen-bond donors (Lipinski definition) is 1. The van der Waals surface area contributed by atoms with Crippen molar-refractivity contribution in [1.29, 1.82) is 0 Å². The molecule has 0 atom stereocenters. The summed E-state index contributed by atoms with van der Waals surface area (Å²) in [5.74, 6) is -0.707. The highest BCUT2D eigenvalue weighted by atomic mass is 35.5. The number of benzene rings is 1. The second-order valence-electron chi connectivity index (χ2n) is 4.64. The highest BCUT2D eigenvalue weighted by Gasteiger charge is 2.21. The van der Waals surface area contributed by atoms with Gasteiger partial charge in [-0.2, -0.15) is 0 Å². The Morgan fingerprint density at radius 1 is 1.23 bits per heavy atom. The second-order valence-corrected chi connectivity index (χ2v) is 6.69. The van der Waals surface area contributed by atoms with Gasteiger partial charge in [0, 0.05) is 6.20 Å². The summed E-state index contributed by atoms with van der Waals surface area (Å²) in [6.45, 7) is 1.88. The maximum atomic E-state index is 13.3. The Balaban J connectivity index is 2.05. The molecule has 0 fully saturated rings. The van der Waals surface area contributed by atoms with Crippen LogP contribution >= 0.6 is 11.6 Å². The van der Waals surface area contributed by atoms with Gasteiger partial charge in [-0.25, -0.2) is 17.5 Å². The van der Waals surface area contributed by atoms with E-state index in [2.05, 4.69) is 14.9 Å². The van der Waals surface area contributed by atoms with Crippen LogP contribution < -0.4 is 4.72 Å². The van der Waals surface area contributed by atoms with Gasteiger partial charge in [-0.15, -0.1) is 10.2 Å².